The van der Waals surface area contributed by atoms with E-state index in [0.717, 1.165) is 18.5 Å². The molecule has 1 atom stereocenters. The van der Waals surface area contributed by atoms with E-state index in [2.05, 4.69) is 16.9 Å². The van der Waals surface area contributed by atoms with Crippen molar-refractivity contribution < 1.29 is 24.2 Å². The van der Waals surface area contributed by atoms with Gasteiger partial charge in [0.25, 0.3) is 17.3 Å². The van der Waals surface area contributed by atoms with Gasteiger partial charge in [-0.15, -0.1) is 0 Å². The number of amides is 2. The molecular formula is C27H33N3O6. The zero-order valence-corrected chi connectivity index (χ0v) is 21.4. The number of aromatic nitrogens is 1. The number of nitrogens with one attached hydrogen (secondary N) is 2. The van der Waals surface area contributed by atoms with Gasteiger partial charge in [-0.05, 0) is 64.2 Å². The van der Waals surface area contributed by atoms with Gasteiger partial charge in [-0.25, -0.2) is 4.79 Å². The molecule has 1 fully saturated rings. The predicted molar refractivity (Wildman–Crippen MR) is 137 cm³/mol. The number of pyridine rings is 1. The Bertz CT molecular complexity index is 1290. The van der Waals surface area contributed by atoms with Crippen molar-refractivity contribution in [2.24, 2.45) is 5.92 Å². The summed E-state index contributed by atoms with van der Waals surface area (Å²) in [5, 5.41) is 11.6. The fraction of sp³-hybridized carbons (Fsp3) is 0.444. The molecule has 192 valence electrons. The summed E-state index contributed by atoms with van der Waals surface area (Å²) >= 11 is 0. The molecule has 1 aliphatic carbocycles. The molecule has 2 amide bonds. The fourth-order valence-corrected chi connectivity index (χ4v) is 5.43. The molecule has 0 bridgehead atoms. The van der Waals surface area contributed by atoms with Crippen LogP contribution >= 0.6 is 0 Å². The Morgan fingerprint density at radius 3 is 2.39 bits per heavy atom. The number of carboxylic acid groups (broad SMARTS) is 1. The van der Waals surface area contributed by atoms with Crippen molar-refractivity contribution in [3.05, 3.63) is 57.0 Å². The van der Waals surface area contributed by atoms with E-state index in [0.29, 0.717) is 52.3 Å². The van der Waals surface area contributed by atoms with E-state index in [4.69, 9.17) is 14.6 Å². The lowest BCUT2D eigenvalue weighted by Gasteiger charge is -2.37. The number of aryl methyl sites for hydroxylation is 2. The number of ether oxygens (including phenoxy) is 2. The first-order valence-corrected chi connectivity index (χ1v) is 12.1. The standard InChI is InChI=1S/C27H33N3O6/c1-7-17-13-20(25(32)30(6)21-14(2)12-15(3)28-24(21)31)16(4)22-23(17)36-27(5,35-22)18-8-10-19(11-9-18)29-26(33)34/h7,12-13,18-19,29H,1,8-11H2,2-6H3,(H,28,31)(H,33,34)/t18-,19-,27?. The van der Waals surface area contributed by atoms with Gasteiger partial charge in [-0.3, -0.25) is 9.59 Å². The topological polar surface area (TPSA) is 121 Å². The van der Waals surface area contributed by atoms with Crippen molar-refractivity contribution >= 4 is 23.8 Å². The van der Waals surface area contributed by atoms with Crippen molar-refractivity contribution in [3.8, 4) is 11.5 Å². The smallest absolute Gasteiger partial charge is 0.404 e. The normalized spacial score (nSPS) is 22.7. The summed E-state index contributed by atoms with van der Waals surface area (Å²) < 4.78 is 12.8. The summed E-state index contributed by atoms with van der Waals surface area (Å²) in [6.45, 7) is 11.2. The minimum Gasteiger partial charge on any atom is -0.465 e. The molecule has 0 saturated heterocycles. The van der Waals surface area contributed by atoms with E-state index in [1.807, 2.05) is 19.9 Å². The molecule has 1 unspecified atom stereocenters. The monoisotopic (exact) mass is 495 g/mol. The maximum absolute atomic E-state index is 13.6. The van der Waals surface area contributed by atoms with Gasteiger partial charge in [0.15, 0.2) is 11.5 Å². The van der Waals surface area contributed by atoms with Crippen LogP contribution in [0.4, 0.5) is 10.5 Å². The molecule has 9 nitrogen and oxygen atoms in total. The van der Waals surface area contributed by atoms with Crippen molar-refractivity contribution in [2.75, 3.05) is 11.9 Å². The lowest BCUT2D eigenvalue weighted by atomic mass is 9.81. The molecule has 3 N–H and O–H groups in total. The minimum absolute atomic E-state index is 0.0457. The number of rotatable bonds is 5. The predicted octanol–water partition coefficient (Wildman–Crippen LogP) is 4.53. The molecule has 0 radical (unpaired) electrons. The summed E-state index contributed by atoms with van der Waals surface area (Å²) in [5.74, 6) is -0.207. The molecule has 4 rings (SSSR count). The van der Waals surface area contributed by atoms with Crippen LogP contribution in [0.25, 0.3) is 6.08 Å². The van der Waals surface area contributed by atoms with E-state index in [1.165, 1.54) is 4.90 Å². The highest BCUT2D eigenvalue weighted by Crippen LogP contribution is 2.50. The largest absolute Gasteiger partial charge is 0.465 e. The average molecular weight is 496 g/mol. The Balaban J connectivity index is 1.63. The van der Waals surface area contributed by atoms with Crippen LogP contribution in [0, 0.1) is 26.7 Å². The second kappa shape index (κ2) is 9.37. The van der Waals surface area contributed by atoms with Gasteiger partial charge >= 0.3 is 6.09 Å². The van der Waals surface area contributed by atoms with E-state index in [9.17, 15) is 14.4 Å². The zero-order chi connectivity index (χ0) is 26.4. The Labute approximate surface area is 210 Å². The van der Waals surface area contributed by atoms with Gasteiger partial charge in [0.05, 0.1) is 0 Å². The molecule has 36 heavy (non-hydrogen) atoms. The first-order chi connectivity index (χ1) is 16.9. The number of nitrogens with zero attached hydrogens (tertiary/aromatic N) is 1. The molecule has 1 aliphatic heterocycles. The van der Waals surface area contributed by atoms with Gasteiger partial charge in [0, 0.05) is 48.3 Å². The number of fused-ring (bicyclic) bond motifs is 1. The molecular weight excluding hydrogens is 462 g/mol. The Hall–Kier alpha value is -3.75. The molecule has 1 aromatic carbocycles. The summed E-state index contributed by atoms with van der Waals surface area (Å²) in [6.07, 6.45) is 3.48. The lowest BCUT2D eigenvalue weighted by molar-refractivity contribution is -0.121. The van der Waals surface area contributed by atoms with Gasteiger partial charge in [-0.2, -0.15) is 0 Å². The van der Waals surface area contributed by atoms with Crippen molar-refractivity contribution in [1.29, 1.82) is 0 Å². The first kappa shape index (κ1) is 25.3. The lowest BCUT2D eigenvalue weighted by Crippen LogP contribution is -2.47. The summed E-state index contributed by atoms with van der Waals surface area (Å²) in [6, 6.07) is 3.47. The van der Waals surface area contributed by atoms with Crippen LogP contribution in [0.2, 0.25) is 0 Å². The Morgan fingerprint density at radius 1 is 1.17 bits per heavy atom. The number of carbonyl (C=O) groups is 2. The maximum Gasteiger partial charge on any atom is 0.404 e. The van der Waals surface area contributed by atoms with Crippen molar-refractivity contribution in [2.45, 2.75) is 65.2 Å². The molecule has 2 heterocycles. The van der Waals surface area contributed by atoms with Crippen molar-refractivity contribution in [1.82, 2.24) is 10.3 Å². The fourth-order valence-electron chi connectivity index (χ4n) is 5.43. The van der Waals surface area contributed by atoms with Crippen LogP contribution in [0.5, 0.6) is 11.5 Å². The Morgan fingerprint density at radius 2 is 1.81 bits per heavy atom. The number of aromatic amines is 1. The third-order valence-electron chi connectivity index (χ3n) is 7.34. The summed E-state index contributed by atoms with van der Waals surface area (Å²) in [5.41, 5.74) is 3.04. The SMILES string of the molecule is C=Cc1cc(C(=O)N(C)c2c(C)cc(C)[nH]c2=O)c(C)c2c1OC(C)([C@H]1CC[C@H](NC(=O)O)CC1)O2. The average Bonchev–Trinajstić information content (AvgIpc) is 3.17. The number of carbonyl (C=O) groups excluding carboxylic acids is 1. The number of benzene rings is 1. The highest BCUT2D eigenvalue weighted by molar-refractivity contribution is 6.08. The van der Waals surface area contributed by atoms with Crippen LogP contribution in [0.15, 0.2) is 23.5 Å². The van der Waals surface area contributed by atoms with Gasteiger partial charge in [0.1, 0.15) is 5.69 Å². The highest BCUT2D eigenvalue weighted by atomic mass is 16.7. The molecule has 1 saturated carbocycles. The molecule has 2 aliphatic rings. The third kappa shape index (κ3) is 4.45. The number of hydrogen-bond acceptors (Lipinski definition) is 5. The second-order valence-corrected chi connectivity index (χ2v) is 9.90. The molecule has 1 aromatic heterocycles. The van der Waals surface area contributed by atoms with E-state index < -0.39 is 11.9 Å². The van der Waals surface area contributed by atoms with Gasteiger partial charge in [-0.1, -0.05) is 12.7 Å². The first-order valence-electron chi connectivity index (χ1n) is 12.1. The van der Waals surface area contributed by atoms with Crippen molar-refractivity contribution in [3.63, 3.8) is 0 Å². The van der Waals surface area contributed by atoms with Crippen LogP contribution in [0.1, 0.15) is 65.3 Å². The van der Waals surface area contributed by atoms with E-state index in [-0.39, 0.29) is 23.4 Å². The van der Waals surface area contributed by atoms with Gasteiger partial charge in [0.2, 0.25) is 0 Å². The van der Waals surface area contributed by atoms with Gasteiger partial charge < -0.3 is 29.8 Å². The quantitative estimate of drug-likeness (QED) is 0.560. The third-order valence-corrected chi connectivity index (χ3v) is 7.34. The Kier molecular flexibility index (Phi) is 6.60. The highest BCUT2D eigenvalue weighted by Gasteiger charge is 2.47. The summed E-state index contributed by atoms with van der Waals surface area (Å²) in [7, 11) is 1.58. The number of hydrogen-bond donors (Lipinski definition) is 3. The van der Waals surface area contributed by atoms with Crippen LogP contribution in [-0.2, 0) is 0 Å². The van der Waals surface area contributed by atoms with Crippen LogP contribution in [0.3, 0.4) is 0 Å². The van der Waals surface area contributed by atoms with Crippen LogP contribution in [-0.4, -0.2) is 41.0 Å². The molecule has 2 aromatic rings. The van der Waals surface area contributed by atoms with Crippen LogP contribution < -0.4 is 25.2 Å². The number of anilines is 1. The van der Waals surface area contributed by atoms with E-state index >= 15 is 0 Å². The minimum atomic E-state index is -1.01. The zero-order valence-electron chi connectivity index (χ0n) is 21.4. The molecule has 0 spiro atoms. The molecule has 9 heteroatoms. The second-order valence-electron chi connectivity index (χ2n) is 9.90. The maximum atomic E-state index is 13.6. The van der Waals surface area contributed by atoms with E-state index in [1.54, 1.807) is 33.0 Å². The number of H-pyrrole nitrogens is 1. The summed E-state index contributed by atoms with van der Waals surface area (Å²) in [4.78, 5) is 41.3.